The van der Waals surface area contributed by atoms with Crippen molar-refractivity contribution in [2.24, 2.45) is 5.92 Å². The lowest BCUT2D eigenvalue weighted by Gasteiger charge is -2.13. The molecule has 124 valence electrons. The molecule has 1 amide bonds. The van der Waals surface area contributed by atoms with Crippen molar-refractivity contribution >= 4 is 16.9 Å². The summed E-state index contributed by atoms with van der Waals surface area (Å²) in [5.74, 6) is 0.900. The van der Waals surface area contributed by atoms with Gasteiger partial charge in [0.25, 0.3) is 0 Å². The first-order chi connectivity index (χ1) is 11.6. The van der Waals surface area contributed by atoms with Crippen molar-refractivity contribution in [3.63, 3.8) is 0 Å². The maximum absolute atomic E-state index is 11.9. The lowest BCUT2D eigenvalue weighted by Crippen LogP contribution is -2.28. The van der Waals surface area contributed by atoms with E-state index in [4.69, 9.17) is 4.98 Å². The van der Waals surface area contributed by atoms with Gasteiger partial charge in [-0.3, -0.25) is 4.79 Å². The van der Waals surface area contributed by atoms with Gasteiger partial charge in [0.1, 0.15) is 5.82 Å². The minimum atomic E-state index is -0.0285. The number of benzene rings is 2. The molecule has 0 bridgehead atoms. The topological polar surface area (TPSA) is 46.9 Å². The van der Waals surface area contributed by atoms with Gasteiger partial charge >= 0.3 is 0 Å². The van der Waals surface area contributed by atoms with Crippen LogP contribution in [-0.4, -0.2) is 15.5 Å². The molecule has 24 heavy (non-hydrogen) atoms. The van der Waals surface area contributed by atoms with Crippen LogP contribution in [0.3, 0.4) is 0 Å². The van der Waals surface area contributed by atoms with Crippen LogP contribution >= 0.6 is 0 Å². The van der Waals surface area contributed by atoms with Crippen LogP contribution in [0.5, 0.6) is 0 Å². The van der Waals surface area contributed by atoms with Gasteiger partial charge in [0, 0.05) is 12.5 Å². The fourth-order valence-corrected chi connectivity index (χ4v) is 2.76. The van der Waals surface area contributed by atoms with E-state index in [0.717, 1.165) is 23.4 Å². The molecule has 3 aromatic rings. The number of aromatic nitrogens is 2. The van der Waals surface area contributed by atoms with Gasteiger partial charge in [-0.05, 0) is 30.2 Å². The van der Waals surface area contributed by atoms with Crippen LogP contribution in [-0.2, 0) is 17.9 Å². The van der Waals surface area contributed by atoms with Gasteiger partial charge in [0.2, 0.25) is 5.91 Å². The van der Waals surface area contributed by atoms with E-state index in [2.05, 4.69) is 47.1 Å². The summed E-state index contributed by atoms with van der Waals surface area (Å²) in [6.07, 6.45) is 0. The van der Waals surface area contributed by atoms with Crippen LogP contribution < -0.4 is 5.32 Å². The molecule has 0 aliphatic heterocycles. The third kappa shape index (κ3) is 3.32. The molecule has 0 radical (unpaired) electrons. The van der Waals surface area contributed by atoms with E-state index in [1.807, 2.05) is 32.0 Å². The largest absolute Gasteiger partial charge is 0.349 e. The summed E-state index contributed by atoms with van der Waals surface area (Å²) in [6, 6.07) is 16.5. The number of hydrogen-bond donors (Lipinski definition) is 1. The molecule has 0 unspecified atom stereocenters. The highest BCUT2D eigenvalue weighted by molar-refractivity contribution is 5.78. The van der Waals surface area contributed by atoms with Crippen LogP contribution in [0, 0.1) is 12.8 Å². The van der Waals surface area contributed by atoms with E-state index in [9.17, 15) is 4.79 Å². The Morgan fingerprint density at radius 1 is 1.12 bits per heavy atom. The van der Waals surface area contributed by atoms with Gasteiger partial charge in [-0.15, -0.1) is 0 Å². The number of carbonyl (C=O) groups is 1. The van der Waals surface area contributed by atoms with Crippen molar-refractivity contribution in [1.29, 1.82) is 0 Å². The molecule has 0 atom stereocenters. The third-order valence-electron chi connectivity index (χ3n) is 4.27. The second-order valence-electron chi connectivity index (χ2n) is 6.40. The smallest absolute Gasteiger partial charge is 0.222 e. The summed E-state index contributed by atoms with van der Waals surface area (Å²) in [5.41, 5.74) is 4.57. The minimum Gasteiger partial charge on any atom is -0.349 e. The Kier molecular flexibility index (Phi) is 4.65. The molecule has 0 aliphatic rings. The first-order valence-corrected chi connectivity index (χ1v) is 8.32. The number of carbonyl (C=O) groups excluding carboxylic acids is 1. The first-order valence-electron chi connectivity index (χ1n) is 8.32. The number of rotatable bonds is 5. The van der Waals surface area contributed by atoms with Crippen LogP contribution in [0.15, 0.2) is 48.5 Å². The molecule has 1 heterocycles. The minimum absolute atomic E-state index is 0.0285. The van der Waals surface area contributed by atoms with E-state index in [1.54, 1.807) is 0 Å². The van der Waals surface area contributed by atoms with Crippen LogP contribution in [0.2, 0.25) is 0 Å². The molecule has 0 saturated carbocycles. The summed E-state index contributed by atoms with van der Waals surface area (Å²) in [5, 5.41) is 2.98. The monoisotopic (exact) mass is 321 g/mol. The van der Waals surface area contributed by atoms with Gasteiger partial charge in [-0.25, -0.2) is 4.98 Å². The Morgan fingerprint density at radius 2 is 1.83 bits per heavy atom. The first kappa shape index (κ1) is 16.2. The van der Waals surface area contributed by atoms with E-state index >= 15 is 0 Å². The van der Waals surface area contributed by atoms with E-state index < -0.39 is 0 Å². The zero-order valence-corrected chi connectivity index (χ0v) is 14.4. The van der Waals surface area contributed by atoms with Crippen LogP contribution in [0.1, 0.15) is 30.8 Å². The fraction of sp³-hybridized carbons (Fsp3) is 0.300. The number of aryl methyl sites for hydroxylation is 1. The number of para-hydroxylation sites is 2. The van der Waals surface area contributed by atoms with Crippen molar-refractivity contribution in [2.75, 3.05) is 0 Å². The molecule has 0 fully saturated rings. The maximum atomic E-state index is 11.9. The number of amides is 1. The van der Waals surface area contributed by atoms with Crippen molar-refractivity contribution in [1.82, 2.24) is 14.9 Å². The van der Waals surface area contributed by atoms with Crippen LogP contribution in [0.4, 0.5) is 0 Å². The quantitative estimate of drug-likeness (QED) is 0.779. The average molecular weight is 321 g/mol. The summed E-state index contributed by atoms with van der Waals surface area (Å²) >= 11 is 0. The molecule has 1 N–H and O–H groups in total. The number of nitrogens with one attached hydrogen (secondary N) is 1. The Labute approximate surface area is 142 Å². The molecule has 2 aromatic carbocycles. The predicted octanol–water partition coefficient (Wildman–Crippen LogP) is 3.67. The molecule has 0 spiro atoms. The maximum Gasteiger partial charge on any atom is 0.222 e. The molecular weight excluding hydrogens is 298 g/mol. The third-order valence-corrected chi connectivity index (χ3v) is 4.27. The van der Waals surface area contributed by atoms with Gasteiger partial charge in [0.05, 0.1) is 17.6 Å². The van der Waals surface area contributed by atoms with Crippen molar-refractivity contribution in [3.05, 3.63) is 65.5 Å². The highest BCUT2D eigenvalue weighted by atomic mass is 16.1. The Bertz CT molecular complexity index is 864. The molecule has 0 saturated heterocycles. The van der Waals surface area contributed by atoms with Gasteiger partial charge in [-0.1, -0.05) is 50.2 Å². The second kappa shape index (κ2) is 6.87. The molecule has 0 aliphatic carbocycles. The van der Waals surface area contributed by atoms with Crippen molar-refractivity contribution in [3.8, 4) is 0 Å². The number of nitrogens with zero attached hydrogens (tertiary/aromatic N) is 2. The average Bonchev–Trinajstić information content (AvgIpc) is 2.92. The van der Waals surface area contributed by atoms with Crippen molar-refractivity contribution in [2.45, 2.75) is 33.9 Å². The van der Waals surface area contributed by atoms with E-state index in [1.165, 1.54) is 11.1 Å². The highest BCUT2D eigenvalue weighted by Crippen LogP contribution is 2.19. The molecule has 4 nitrogen and oxygen atoms in total. The molecule has 1 aromatic heterocycles. The summed E-state index contributed by atoms with van der Waals surface area (Å²) in [4.78, 5) is 16.6. The Morgan fingerprint density at radius 3 is 2.58 bits per heavy atom. The lowest BCUT2D eigenvalue weighted by molar-refractivity contribution is -0.124. The zero-order chi connectivity index (χ0) is 17.1. The Hall–Kier alpha value is -2.62. The van der Waals surface area contributed by atoms with Gasteiger partial charge in [-0.2, -0.15) is 0 Å². The van der Waals surface area contributed by atoms with Gasteiger partial charge in [0.15, 0.2) is 0 Å². The standard InChI is InChI=1S/C20H23N3O/c1-14(2)20(24)21-12-19-22-17-10-6-7-11-18(17)23(19)13-16-9-5-4-8-15(16)3/h4-11,14H,12-13H2,1-3H3,(H,21,24). The van der Waals surface area contributed by atoms with E-state index in [-0.39, 0.29) is 11.8 Å². The molecule has 3 rings (SSSR count). The van der Waals surface area contributed by atoms with E-state index in [0.29, 0.717) is 6.54 Å². The SMILES string of the molecule is Cc1ccccc1Cn1c(CNC(=O)C(C)C)nc2ccccc21. The number of imidazole rings is 1. The van der Waals surface area contributed by atoms with Gasteiger partial charge < -0.3 is 9.88 Å². The predicted molar refractivity (Wildman–Crippen MR) is 96.7 cm³/mol. The zero-order valence-electron chi connectivity index (χ0n) is 14.4. The summed E-state index contributed by atoms with van der Waals surface area (Å²) in [7, 11) is 0. The molecular formula is C20H23N3O. The number of fused-ring (bicyclic) bond motifs is 1. The second-order valence-corrected chi connectivity index (χ2v) is 6.40. The molecule has 4 heteroatoms. The summed E-state index contributed by atoms with van der Waals surface area (Å²) in [6.45, 7) is 7.10. The van der Waals surface area contributed by atoms with Crippen LogP contribution in [0.25, 0.3) is 11.0 Å². The van der Waals surface area contributed by atoms with Crippen molar-refractivity contribution < 1.29 is 4.79 Å². The lowest BCUT2D eigenvalue weighted by atomic mass is 10.1. The summed E-state index contributed by atoms with van der Waals surface area (Å²) < 4.78 is 2.19. The number of hydrogen-bond acceptors (Lipinski definition) is 2. The normalized spacial score (nSPS) is 11.2. The highest BCUT2D eigenvalue weighted by Gasteiger charge is 2.13. The fourth-order valence-electron chi connectivity index (χ4n) is 2.76. The Balaban J connectivity index is 1.96.